The van der Waals surface area contributed by atoms with Crippen LogP contribution in [0.15, 0.2) is 16.6 Å². The lowest BCUT2D eigenvalue weighted by molar-refractivity contribution is 0.491. The van der Waals surface area contributed by atoms with Gasteiger partial charge in [0.25, 0.3) is 0 Å². The van der Waals surface area contributed by atoms with Crippen LogP contribution >= 0.6 is 15.9 Å². The highest BCUT2D eigenvalue weighted by Gasteiger charge is 2.29. The number of halogens is 1. The zero-order valence-electron chi connectivity index (χ0n) is 19.2. The normalized spacial score (nSPS) is 16.2. The molecule has 0 aliphatic carbocycles. The molecule has 3 N–H and O–H groups in total. The molecule has 0 bridgehead atoms. The molecule has 3 heterocycles. The number of aromatic nitrogens is 3. The molecule has 8 nitrogen and oxygen atoms in total. The molecule has 2 aromatic heterocycles. The molecule has 1 atom stereocenters. The molecule has 1 aliphatic heterocycles. The smallest absolute Gasteiger partial charge is 0.226 e. The van der Waals surface area contributed by atoms with Crippen LogP contribution in [0.3, 0.4) is 0 Å². The van der Waals surface area contributed by atoms with Gasteiger partial charge in [-0.15, -0.1) is 0 Å². The van der Waals surface area contributed by atoms with Crippen LogP contribution in [0.25, 0.3) is 16.7 Å². The molecule has 168 valence electrons. The van der Waals surface area contributed by atoms with Gasteiger partial charge in [0.1, 0.15) is 11.6 Å². The van der Waals surface area contributed by atoms with Crippen molar-refractivity contribution >= 4 is 50.2 Å². The Morgan fingerprint density at radius 3 is 2.41 bits per heavy atom. The summed E-state index contributed by atoms with van der Waals surface area (Å²) in [4.78, 5) is 12.0. The van der Waals surface area contributed by atoms with Crippen molar-refractivity contribution in [2.24, 2.45) is 5.92 Å². The summed E-state index contributed by atoms with van der Waals surface area (Å²) in [6.07, 6.45) is 1.90. The first kappa shape index (κ1) is 22.2. The summed E-state index contributed by atoms with van der Waals surface area (Å²) < 4.78 is 3.23. The van der Waals surface area contributed by atoms with Crippen LogP contribution in [0.5, 0.6) is 0 Å². The number of nitriles is 1. The van der Waals surface area contributed by atoms with E-state index >= 15 is 0 Å². The molecular formula is C23H29BrN8. The highest BCUT2D eigenvalue weighted by Crippen LogP contribution is 2.43. The number of benzene rings is 1. The molecule has 3 aromatic rings. The summed E-state index contributed by atoms with van der Waals surface area (Å²) in [5.41, 5.74) is 5.13. The van der Waals surface area contributed by atoms with Gasteiger partial charge in [-0.2, -0.15) is 15.2 Å². The second kappa shape index (κ2) is 8.87. The third kappa shape index (κ3) is 3.62. The summed E-state index contributed by atoms with van der Waals surface area (Å²) in [6.45, 7) is 5.76. The van der Waals surface area contributed by atoms with Gasteiger partial charge in [0.15, 0.2) is 5.65 Å². The van der Waals surface area contributed by atoms with E-state index in [-0.39, 0.29) is 5.92 Å². The highest BCUT2D eigenvalue weighted by molar-refractivity contribution is 9.10. The summed E-state index contributed by atoms with van der Waals surface area (Å²) >= 11 is 3.62. The van der Waals surface area contributed by atoms with E-state index in [1.54, 1.807) is 0 Å². The molecule has 1 aromatic carbocycles. The van der Waals surface area contributed by atoms with Gasteiger partial charge in [-0.3, -0.25) is 4.57 Å². The maximum Gasteiger partial charge on any atom is 0.226 e. The minimum atomic E-state index is 0.00616. The van der Waals surface area contributed by atoms with E-state index in [0.717, 1.165) is 69.0 Å². The number of hydrogen-bond acceptors (Lipinski definition) is 7. The number of nitrogens with one attached hydrogen (secondary N) is 3. The van der Waals surface area contributed by atoms with Crippen LogP contribution in [0.4, 0.5) is 23.3 Å². The van der Waals surface area contributed by atoms with Crippen LogP contribution in [-0.4, -0.2) is 48.8 Å². The van der Waals surface area contributed by atoms with Gasteiger partial charge in [-0.05, 0) is 49.9 Å². The molecule has 0 radical (unpaired) electrons. The third-order valence-corrected chi connectivity index (χ3v) is 6.54. The van der Waals surface area contributed by atoms with Crippen LogP contribution in [0, 0.1) is 31.1 Å². The maximum atomic E-state index is 9.54. The second-order valence-electron chi connectivity index (χ2n) is 8.18. The number of rotatable bonds is 5. The van der Waals surface area contributed by atoms with Crippen molar-refractivity contribution < 1.29 is 0 Å². The van der Waals surface area contributed by atoms with E-state index in [2.05, 4.69) is 73.4 Å². The number of nitrogens with zero attached hydrogens (tertiary/aromatic N) is 5. The van der Waals surface area contributed by atoms with E-state index in [1.807, 2.05) is 21.1 Å². The van der Waals surface area contributed by atoms with E-state index in [9.17, 15) is 5.26 Å². The Balaban J connectivity index is 2.08. The van der Waals surface area contributed by atoms with Crippen molar-refractivity contribution in [2.45, 2.75) is 26.7 Å². The molecule has 9 heteroatoms. The van der Waals surface area contributed by atoms with E-state index in [0.29, 0.717) is 12.5 Å². The fraction of sp³-hybridized carbons (Fsp3) is 0.435. The minimum Gasteiger partial charge on any atom is -0.384 e. The zero-order chi connectivity index (χ0) is 23.0. The predicted octanol–water partition coefficient (Wildman–Crippen LogP) is 4.66. The maximum absolute atomic E-state index is 9.54. The van der Waals surface area contributed by atoms with Gasteiger partial charge in [-0.25, -0.2) is 0 Å². The molecule has 0 spiro atoms. The van der Waals surface area contributed by atoms with Crippen LogP contribution in [0.1, 0.15) is 24.0 Å². The quantitative estimate of drug-likeness (QED) is 0.472. The summed E-state index contributed by atoms with van der Waals surface area (Å²) in [5.74, 6) is 2.34. The van der Waals surface area contributed by atoms with Gasteiger partial charge >= 0.3 is 0 Å². The number of fused-ring (bicyclic) bond motifs is 1. The Kier molecular flexibility index (Phi) is 6.15. The first-order valence-corrected chi connectivity index (χ1v) is 11.6. The van der Waals surface area contributed by atoms with E-state index in [4.69, 9.17) is 9.97 Å². The van der Waals surface area contributed by atoms with E-state index in [1.165, 1.54) is 0 Å². The summed E-state index contributed by atoms with van der Waals surface area (Å²) in [7, 11) is 5.68. The van der Waals surface area contributed by atoms with Crippen LogP contribution in [-0.2, 0) is 0 Å². The Bertz CT molecular complexity index is 1190. The third-order valence-electron chi connectivity index (χ3n) is 6.09. The number of anilines is 4. The summed E-state index contributed by atoms with van der Waals surface area (Å²) in [5, 5.41) is 20.4. The first-order chi connectivity index (χ1) is 15.4. The number of aryl methyl sites for hydroxylation is 2. The zero-order valence-corrected chi connectivity index (χ0v) is 20.8. The molecule has 4 rings (SSSR count). The lowest BCUT2D eigenvalue weighted by Crippen LogP contribution is -2.35. The van der Waals surface area contributed by atoms with Crippen LogP contribution in [0.2, 0.25) is 0 Å². The lowest BCUT2D eigenvalue weighted by Gasteiger charge is -2.31. The van der Waals surface area contributed by atoms with Gasteiger partial charge in [0, 0.05) is 38.7 Å². The fourth-order valence-corrected chi connectivity index (χ4v) is 5.41. The minimum absolute atomic E-state index is 0.00616. The first-order valence-electron chi connectivity index (χ1n) is 10.8. The molecule has 1 saturated heterocycles. The van der Waals surface area contributed by atoms with Crippen molar-refractivity contribution in [1.82, 2.24) is 14.5 Å². The van der Waals surface area contributed by atoms with Crippen molar-refractivity contribution in [2.75, 3.05) is 55.1 Å². The topological polar surface area (TPSA) is 93.8 Å². The number of hydrogen-bond donors (Lipinski definition) is 3. The Labute approximate surface area is 197 Å². The average molecular weight is 497 g/mol. The van der Waals surface area contributed by atoms with Crippen molar-refractivity contribution in [3.63, 3.8) is 0 Å². The molecular weight excluding hydrogens is 468 g/mol. The lowest BCUT2D eigenvalue weighted by atomic mass is 9.99. The Morgan fingerprint density at radius 2 is 1.81 bits per heavy atom. The van der Waals surface area contributed by atoms with Crippen molar-refractivity contribution in [3.8, 4) is 11.8 Å². The molecule has 1 aliphatic rings. The monoisotopic (exact) mass is 496 g/mol. The van der Waals surface area contributed by atoms with Gasteiger partial charge in [-0.1, -0.05) is 15.9 Å². The molecule has 0 saturated carbocycles. The van der Waals surface area contributed by atoms with Crippen molar-refractivity contribution in [1.29, 1.82) is 5.26 Å². The Hall–Kier alpha value is -2.99. The molecule has 1 unspecified atom stereocenters. The average Bonchev–Trinajstić information content (AvgIpc) is 3.10. The Morgan fingerprint density at radius 1 is 1.09 bits per heavy atom. The van der Waals surface area contributed by atoms with Gasteiger partial charge in [0.05, 0.1) is 28.7 Å². The predicted molar refractivity (Wildman–Crippen MR) is 135 cm³/mol. The molecule has 1 fully saturated rings. The van der Waals surface area contributed by atoms with Gasteiger partial charge < -0.3 is 20.9 Å². The fourth-order valence-electron chi connectivity index (χ4n) is 4.73. The highest BCUT2D eigenvalue weighted by atomic mass is 79.9. The van der Waals surface area contributed by atoms with Gasteiger partial charge in [0.2, 0.25) is 5.95 Å². The largest absolute Gasteiger partial charge is 0.384 e. The molecule has 32 heavy (non-hydrogen) atoms. The summed E-state index contributed by atoms with van der Waals surface area (Å²) in [6, 6.07) is 6.69. The second-order valence-corrected chi connectivity index (χ2v) is 9.10. The standard InChI is InChI=1S/C23H29BrN8/c1-13-9-16(24)10-14(2)19(13)32-21-17(18(26-3)22(32)27-4)20(29-23(28-5)30-21)31-8-6-7-15(11-25)12-31/h9-10,15,26-27H,6-8,12H2,1-5H3,(H,28,29,30). The van der Waals surface area contributed by atoms with Crippen molar-refractivity contribution in [3.05, 3.63) is 27.7 Å². The number of piperidine rings is 1. The van der Waals surface area contributed by atoms with Crippen LogP contribution < -0.4 is 20.9 Å². The van der Waals surface area contributed by atoms with E-state index < -0.39 is 0 Å². The SMILES string of the molecule is CNc1nc(N2CCCC(C#N)C2)c2c(NC)c(NC)n(-c3c(C)cc(Br)cc3C)c2n1. The molecule has 0 amide bonds.